The van der Waals surface area contributed by atoms with Crippen LogP contribution in [0.25, 0.3) is 0 Å². The van der Waals surface area contributed by atoms with E-state index in [-0.39, 0.29) is 16.6 Å². The molecule has 0 atom stereocenters. The van der Waals surface area contributed by atoms with E-state index in [1.54, 1.807) is 0 Å². The number of hydrogen-bond donors (Lipinski definition) is 2. The van der Waals surface area contributed by atoms with Crippen molar-refractivity contribution in [2.24, 2.45) is 0 Å². The summed E-state index contributed by atoms with van der Waals surface area (Å²) in [7, 11) is -2.28. The summed E-state index contributed by atoms with van der Waals surface area (Å²) in [6, 6.07) is 7.23. The quantitative estimate of drug-likeness (QED) is 0.807. The molecule has 1 aromatic carbocycles. The Hall–Kier alpha value is -2.35. The summed E-state index contributed by atoms with van der Waals surface area (Å²) in [5.74, 6) is 0.397. The van der Waals surface area contributed by atoms with Crippen LogP contribution in [0, 0.1) is 0 Å². The molecule has 0 spiro atoms. The van der Waals surface area contributed by atoms with Crippen molar-refractivity contribution < 1.29 is 13.2 Å². The fourth-order valence-corrected chi connectivity index (χ4v) is 2.35. The predicted octanol–water partition coefficient (Wildman–Crippen LogP) is 0.868. The first-order valence-electron chi connectivity index (χ1n) is 5.25. The lowest BCUT2D eigenvalue weighted by molar-refractivity contribution is 0.397. The average Bonchev–Trinajstić information content (AvgIpc) is 2.39. The zero-order chi connectivity index (χ0) is 13.9. The SMILES string of the molecule is COc1cc(NS(=O)(=O)[13c]2[13cH][13cH][13c](N)[13cH][13cH]2)ncn1. The van der Waals surface area contributed by atoms with Gasteiger partial charge in [-0.1, -0.05) is 0 Å². The molecule has 0 amide bonds. The molecule has 0 bridgehead atoms. The van der Waals surface area contributed by atoms with Gasteiger partial charge in [-0.15, -0.1) is 0 Å². The maximum Gasteiger partial charge on any atom is 0.263 e. The molecule has 0 aliphatic rings. The Morgan fingerprint density at radius 3 is 2.53 bits per heavy atom. The molecule has 19 heavy (non-hydrogen) atoms. The number of anilines is 2. The molecule has 0 saturated carbocycles. The molecule has 8 heteroatoms. The number of hydrogen-bond acceptors (Lipinski definition) is 6. The molecule has 100 valence electrons. The van der Waals surface area contributed by atoms with Crippen LogP contribution in [0.1, 0.15) is 0 Å². The van der Waals surface area contributed by atoms with Crippen LogP contribution in [-0.2, 0) is 10.0 Å². The lowest BCUT2D eigenvalue weighted by atomic mass is 10.6. The van der Waals surface area contributed by atoms with Gasteiger partial charge in [-0.2, -0.15) is 0 Å². The molecule has 0 unspecified atom stereocenters. The van der Waals surface area contributed by atoms with Gasteiger partial charge in [0.1, 0.15) is 12.1 Å². The Kier molecular flexibility index (Phi) is 3.52. The highest BCUT2D eigenvalue weighted by Crippen LogP contribution is 2.17. The summed E-state index contributed by atoms with van der Waals surface area (Å²) in [4.78, 5) is 7.69. The third kappa shape index (κ3) is 3.10. The van der Waals surface area contributed by atoms with E-state index < -0.39 is 10.0 Å². The second kappa shape index (κ2) is 5.11. The molecular formula is C11H12N4O3S. The van der Waals surface area contributed by atoms with E-state index in [2.05, 4.69) is 14.7 Å². The zero-order valence-corrected chi connectivity index (χ0v) is 10.9. The van der Waals surface area contributed by atoms with Crippen LogP contribution in [0.15, 0.2) is 41.6 Å². The minimum atomic E-state index is -3.71. The summed E-state index contributed by atoms with van der Waals surface area (Å²) in [6.07, 6.45) is 1.21. The number of nitrogens with one attached hydrogen (secondary N) is 1. The van der Waals surface area contributed by atoms with E-state index >= 15 is 0 Å². The van der Waals surface area contributed by atoms with Crippen molar-refractivity contribution >= 4 is 21.5 Å². The first-order valence-corrected chi connectivity index (χ1v) is 6.74. The number of ether oxygens (including phenoxy) is 1. The van der Waals surface area contributed by atoms with Crippen molar-refractivity contribution in [3.63, 3.8) is 0 Å². The van der Waals surface area contributed by atoms with Crippen molar-refractivity contribution in [3.05, 3.63) is 36.7 Å². The predicted molar refractivity (Wildman–Crippen MR) is 70.2 cm³/mol. The minimum absolute atomic E-state index is 0.0966. The van der Waals surface area contributed by atoms with Crippen LogP contribution >= 0.6 is 0 Å². The Morgan fingerprint density at radius 2 is 1.89 bits per heavy atom. The van der Waals surface area contributed by atoms with Gasteiger partial charge in [0.25, 0.3) is 10.0 Å². The van der Waals surface area contributed by atoms with E-state index in [1.165, 1.54) is 43.8 Å². The van der Waals surface area contributed by atoms with Crippen LogP contribution in [0.3, 0.4) is 0 Å². The molecule has 2 rings (SSSR count). The molecule has 0 fully saturated rings. The molecule has 7 nitrogen and oxygen atoms in total. The highest BCUT2D eigenvalue weighted by molar-refractivity contribution is 7.92. The number of sulfonamides is 1. The van der Waals surface area contributed by atoms with Crippen molar-refractivity contribution in [3.8, 4) is 5.88 Å². The second-order valence-electron chi connectivity index (χ2n) is 3.62. The summed E-state index contributed by atoms with van der Waals surface area (Å²) < 4.78 is 31.3. The van der Waals surface area contributed by atoms with Crippen LogP contribution in [0.5, 0.6) is 5.88 Å². The van der Waals surface area contributed by atoms with Gasteiger partial charge in [-0.05, 0) is 24.3 Å². The number of rotatable bonds is 4. The van der Waals surface area contributed by atoms with Crippen LogP contribution in [-0.4, -0.2) is 25.5 Å². The van der Waals surface area contributed by atoms with Crippen LogP contribution in [0.4, 0.5) is 11.5 Å². The van der Waals surface area contributed by atoms with Gasteiger partial charge in [0.15, 0.2) is 0 Å². The number of aromatic nitrogens is 2. The summed E-state index contributed by atoms with van der Waals surface area (Å²) >= 11 is 0. The first kappa shape index (κ1) is 13.1. The highest BCUT2D eigenvalue weighted by atomic mass is 32.2. The minimum Gasteiger partial charge on any atom is -0.481 e. The highest BCUT2D eigenvalue weighted by Gasteiger charge is 2.14. The average molecular weight is 286 g/mol. The maximum absolute atomic E-state index is 12.1. The molecule has 0 aliphatic heterocycles. The summed E-state index contributed by atoms with van der Waals surface area (Å²) in [5.41, 5.74) is 6.00. The lowest BCUT2D eigenvalue weighted by Crippen LogP contribution is -2.14. The van der Waals surface area contributed by atoms with Crippen LogP contribution in [0.2, 0.25) is 0 Å². The van der Waals surface area contributed by atoms with Crippen molar-refractivity contribution in [1.82, 2.24) is 9.97 Å². The number of nitrogen functional groups attached to an aromatic ring is 1. The van der Waals surface area contributed by atoms with E-state index in [1.807, 2.05) is 0 Å². The molecular weight excluding hydrogens is 274 g/mol. The van der Waals surface area contributed by atoms with Gasteiger partial charge in [0.2, 0.25) is 5.88 Å². The number of benzene rings is 1. The van der Waals surface area contributed by atoms with Crippen molar-refractivity contribution in [2.75, 3.05) is 17.6 Å². The second-order valence-corrected chi connectivity index (χ2v) is 5.30. The maximum atomic E-state index is 12.1. The Balaban J connectivity index is 2.28. The normalized spacial score (nSPS) is 11.0. The van der Waals surface area contributed by atoms with Crippen molar-refractivity contribution in [2.45, 2.75) is 4.90 Å². The number of nitrogens with zero attached hydrogens (tertiary/aromatic N) is 2. The molecule has 2 aromatic rings. The Morgan fingerprint density at radius 1 is 1.21 bits per heavy atom. The van der Waals surface area contributed by atoms with E-state index in [9.17, 15) is 8.42 Å². The topological polar surface area (TPSA) is 107 Å². The molecule has 1 heterocycles. The van der Waals surface area contributed by atoms with Crippen molar-refractivity contribution in [1.29, 1.82) is 0 Å². The van der Waals surface area contributed by atoms with E-state index in [0.29, 0.717) is 5.69 Å². The molecule has 1 aromatic heterocycles. The largest absolute Gasteiger partial charge is 0.481 e. The number of methoxy groups -OCH3 is 1. The van der Waals surface area contributed by atoms with Gasteiger partial charge in [-0.3, -0.25) is 4.72 Å². The third-order valence-corrected chi connectivity index (χ3v) is 3.65. The van der Waals surface area contributed by atoms with Crippen LogP contribution < -0.4 is 15.2 Å². The van der Waals surface area contributed by atoms with Gasteiger partial charge in [0.05, 0.1) is 12.0 Å². The molecule has 0 radical (unpaired) electrons. The fraction of sp³-hybridized carbons (Fsp3) is 0.0909. The van der Waals surface area contributed by atoms with Gasteiger partial charge < -0.3 is 10.5 Å². The fourth-order valence-electron chi connectivity index (χ4n) is 1.35. The smallest absolute Gasteiger partial charge is 0.263 e. The summed E-state index contributed by atoms with van der Waals surface area (Å²) in [6.45, 7) is 0. The van der Waals surface area contributed by atoms with E-state index in [0.717, 1.165) is 0 Å². The monoisotopic (exact) mass is 286 g/mol. The Bertz CT molecular complexity index is 671. The van der Waals surface area contributed by atoms with Gasteiger partial charge in [0, 0.05) is 11.8 Å². The standard InChI is InChI=1S/C11H12N4O3S/c1-18-11-6-10(13-7-14-11)15-19(16,17)9-4-2-8(12)3-5-9/h2-7H,12H2,1H3,(H,13,14,15)/i2+1,3+1,4+1,5+1,8+1,9+1. The third-order valence-electron chi connectivity index (χ3n) is 2.28. The Labute approximate surface area is 110 Å². The molecule has 0 aliphatic carbocycles. The van der Waals surface area contributed by atoms with Gasteiger partial charge >= 0.3 is 0 Å². The van der Waals surface area contributed by atoms with Gasteiger partial charge in [-0.25, -0.2) is 18.4 Å². The number of nitrogens with two attached hydrogens (primary N) is 1. The first-order chi connectivity index (χ1) is 9.01. The molecule has 3 N–H and O–H groups in total. The van der Waals surface area contributed by atoms with E-state index in [4.69, 9.17) is 10.5 Å². The lowest BCUT2D eigenvalue weighted by Gasteiger charge is -2.08. The zero-order valence-electron chi connectivity index (χ0n) is 10.1. The summed E-state index contributed by atoms with van der Waals surface area (Å²) in [5, 5.41) is 0. The molecule has 0 saturated heterocycles.